The lowest BCUT2D eigenvalue weighted by atomic mass is 10.1. The Balaban J connectivity index is 1.41. The number of hydrogen-bond donors (Lipinski definition) is 1. The number of amides is 2. The van der Waals surface area contributed by atoms with Gasteiger partial charge in [0.05, 0.1) is 13.4 Å². The Hall–Kier alpha value is -3.74. The highest BCUT2D eigenvalue weighted by Crippen LogP contribution is 2.32. The van der Waals surface area contributed by atoms with Crippen molar-refractivity contribution in [2.75, 3.05) is 30.5 Å². The highest BCUT2D eigenvalue weighted by Gasteiger charge is 2.27. The molecule has 29 heavy (non-hydrogen) atoms. The van der Waals surface area contributed by atoms with Gasteiger partial charge in [-0.3, -0.25) is 9.59 Å². The van der Waals surface area contributed by atoms with E-state index in [1.807, 2.05) is 12.1 Å². The minimum Gasteiger partial charge on any atom is -0.497 e. The Labute approximate surface area is 167 Å². The minimum absolute atomic E-state index is 0.140. The van der Waals surface area contributed by atoms with Crippen LogP contribution in [0, 0.1) is 0 Å². The zero-order valence-corrected chi connectivity index (χ0v) is 15.9. The van der Waals surface area contributed by atoms with E-state index in [-0.39, 0.29) is 18.4 Å². The third kappa shape index (κ3) is 4.08. The van der Waals surface area contributed by atoms with Gasteiger partial charge in [0.15, 0.2) is 12.4 Å². The number of anilines is 2. The third-order valence-electron chi connectivity index (χ3n) is 4.65. The van der Waals surface area contributed by atoms with Crippen molar-refractivity contribution in [1.29, 1.82) is 0 Å². The second-order valence-electron chi connectivity index (χ2n) is 6.54. The molecule has 0 saturated heterocycles. The lowest BCUT2D eigenvalue weighted by Gasteiger charge is -2.17. The number of hydrogen-bond acceptors (Lipinski definition) is 5. The fourth-order valence-electron chi connectivity index (χ4n) is 3.24. The molecule has 7 heteroatoms. The molecule has 1 aliphatic heterocycles. The van der Waals surface area contributed by atoms with Crippen LogP contribution in [0.25, 0.3) is 0 Å². The number of rotatable bonds is 6. The molecule has 0 unspecified atom stereocenters. The van der Waals surface area contributed by atoms with Crippen molar-refractivity contribution >= 4 is 23.2 Å². The molecule has 0 atom stereocenters. The summed E-state index contributed by atoms with van der Waals surface area (Å²) in [5, 5.41) is 2.81. The van der Waals surface area contributed by atoms with Crippen molar-refractivity contribution in [2.24, 2.45) is 0 Å². The molecule has 0 aliphatic carbocycles. The summed E-state index contributed by atoms with van der Waals surface area (Å²) in [5.41, 5.74) is 2.43. The van der Waals surface area contributed by atoms with E-state index in [1.165, 1.54) is 6.26 Å². The van der Waals surface area contributed by atoms with Gasteiger partial charge in [0.1, 0.15) is 11.5 Å². The number of carbonyl (C=O) groups excluding carboxylic acids is 2. The molecule has 0 bridgehead atoms. The van der Waals surface area contributed by atoms with Crippen molar-refractivity contribution in [3.8, 4) is 11.5 Å². The molecule has 4 rings (SSSR count). The first-order chi connectivity index (χ1) is 14.1. The van der Waals surface area contributed by atoms with Gasteiger partial charge in [-0.15, -0.1) is 0 Å². The van der Waals surface area contributed by atoms with E-state index in [4.69, 9.17) is 13.9 Å². The molecule has 0 fully saturated rings. The standard InChI is InChI=1S/C22H20N2O5/c1-27-17-4-2-5-18(13-17)29-14-21(25)23-16-8-7-15-9-10-24(19(15)12-16)22(26)20-6-3-11-28-20/h2-8,11-13H,9-10,14H2,1H3,(H,23,25). The van der Waals surface area contributed by atoms with Crippen molar-refractivity contribution < 1.29 is 23.5 Å². The van der Waals surface area contributed by atoms with Crippen molar-refractivity contribution in [3.63, 3.8) is 0 Å². The second-order valence-corrected chi connectivity index (χ2v) is 6.54. The lowest BCUT2D eigenvalue weighted by Crippen LogP contribution is -2.28. The van der Waals surface area contributed by atoms with Crippen molar-refractivity contribution in [3.05, 3.63) is 72.2 Å². The zero-order chi connectivity index (χ0) is 20.2. The van der Waals surface area contributed by atoms with Gasteiger partial charge < -0.3 is 24.1 Å². The summed E-state index contributed by atoms with van der Waals surface area (Å²) in [6, 6.07) is 15.9. The van der Waals surface area contributed by atoms with E-state index >= 15 is 0 Å². The first-order valence-electron chi connectivity index (χ1n) is 9.19. The van der Waals surface area contributed by atoms with Crippen LogP contribution >= 0.6 is 0 Å². The zero-order valence-electron chi connectivity index (χ0n) is 15.9. The van der Waals surface area contributed by atoms with Crippen LogP contribution < -0.4 is 19.7 Å². The molecule has 0 saturated carbocycles. The van der Waals surface area contributed by atoms with E-state index in [9.17, 15) is 9.59 Å². The Kier molecular flexibility index (Phi) is 5.20. The number of furan rings is 1. The molecule has 148 valence electrons. The minimum atomic E-state index is -0.297. The number of ether oxygens (including phenoxy) is 2. The molecule has 1 N–H and O–H groups in total. The second kappa shape index (κ2) is 8.10. The Morgan fingerprint density at radius 3 is 2.76 bits per heavy atom. The molecule has 7 nitrogen and oxygen atoms in total. The summed E-state index contributed by atoms with van der Waals surface area (Å²) in [4.78, 5) is 26.6. The van der Waals surface area contributed by atoms with Crippen LogP contribution in [-0.4, -0.2) is 32.1 Å². The number of carbonyl (C=O) groups is 2. The van der Waals surface area contributed by atoms with E-state index in [0.29, 0.717) is 29.5 Å². The van der Waals surface area contributed by atoms with Gasteiger partial charge in [-0.05, 0) is 48.4 Å². The molecule has 2 aromatic carbocycles. The van der Waals surface area contributed by atoms with Gasteiger partial charge >= 0.3 is 0 Å². The molecular weight excluding hydrogens is 372 g/mol. The van der Waals surface area contributed by atoms with E-state index in [1.54, 1.807) is 54.5 Å². The predicted molar refractivity (Wildman–Crippen MR) is 108 cm³/mol. The van der Waals surface area contributed by atoms with Crippen LogP contribution in [0.3, 0.4) is 0 Å². The summed E-state index contributed by atoms with van der Waals surface area (Å²) in [6.07, 6.45) is 2.23. The topological polar surface area (TPSA) is 81.0 Å². The fraction of sp³-hybridized carbons (Fsp3) is 0.182. The van der Waals surface area contributed by atoms with Crippen LogP contribution in [0.15, 0.2) is 65.3 Å². The maximum atomic E-state index is 12.6. The monoisotopic (exact) mass is 392 g/mol. The highest BCUT2D eigenvalue weighted by molar-refractivity contribution is 6.06. The predicted octanol–water partition coefficient (Wildman–Crippen LogP) is 3.51. The third-order valence-corrected chi connectivity index (χ3v) is 4.65. The van der Waals surface area contributed by atoms with E-state index in [2.05, 4.69) is 5.32 Å². The molecule has 0 radical (unpaired) electrons. The number of fused-ring (bicyclic) bond motifs is 1. The smallest absolute Gasteiger partial charge is 0.293 e. The Bertz CT molecular complexity index is 1030. The first kappa shape index (κ1) is 18.6. The number of benzene rings is 2. The van der Waals surface area contributed by atoms with Gasteiger partial charge in [0.25, 0.3) is 11.8 Å². The van der Waals surface area contributed by atoms with Gasteiger partial charge in [-0.25, -0.2) is 0 Å². The fourth-order valence-corrected chi connectivity index (χ4v) is 3.24. The maximum Gasteiger partial charge on any atom is 0.293 e. The molecule has 1 aromatic heterocycles. The first-order valence-corrected chi connectivity index (χ1v) is 9.19. The van der Waals surface area contributed by atoms with Crippen molar-refractivity contribution in [1.82, 2.24) is 0 Å². The SMILES string of the molecule is COc1cccc(OCC(=O)Nc2ccc3c(c2)N(C(=O)c2ccco2)CC3)c1. The molecule has 0 spiro atoms. The molecule has 3 aromatic rings. The maximum absolute atomic E-state index is 12.6. The molecule has 2 amide bonds. The summed E-state index contributed by atoms with van der Waals surface area (Å²) in [6.45, 7) is 0.435. The van der Waals surface area contributed by atoms with Crippen molar-refractivity contribution in [2.45, 2.75) is 6.42 Å². The number of nitrogens with zero attached hydrogens (tertiary/aromatic N) is 1. The van der Waals surface area contributed by atoms with Crippen LogP contribution in [0.5, 0.6) is 11.5 Å². The summed E-state index contributed by atoms with van der Waals surface area (Å²) < 4.78 is 15.9. The highest BCUT2D eigenvalue weighted by atomic mass is 16.5. The van der Waals surface area contributed by atoms with E-state index < -0.39 is 0 Å². The quantitative estimate of drug-likeness (QED) is 0.694. The Morgan fingerprint density at radius 2 is 1.97 bits per heavy atom. The van der Waals surface area contributed by atoms with Crippen LogP contribution in [0.2, 0.25) is 0 Å². The molecule has 1 aliphatic rings. The normalized spacial score (nSPS) is 12.4. The van der Waals surface area contributed by atoms with Gasteiger partial charge in [-0.2, -0.15) is 0 Å². The average Bonchev–Trinajstić information content (AvgIpc) is 3.42. The summed E-state index contributed by atoms with van der Waals surface area (Å²) >= 11 is 0. The van der Waals surface area contributed by atoms with Gasteiger partial charge in [0.2, 0.25) is 0 Å². The van der Waals surface area contributed by atoms with Crippen LogP contribution in [0.1, 0.15) is 16.1 Å². The molecule has 2 heterocycles. The van der Waals surface area contributed by atoms with Gasteiger partial charge in [0, 0.05) is 24.0 Å². The Morgan fingerprint density at radius 1 is 1.10 bits per heavy atom. The number of methoxy groups -OCH3 is 1. The van der Waals surface area contributed by atoms with Crippen LogP contribution in [-0.2, 0) is 11.2 Å². The summed E-state index contributed by atoms with van der Waals surface area (Å²) in [7, 11) is 1.57. The van der Waals surface area contributed by atoms with E-state index in [0.717, 1.165) is 17.7 Å². The average molecular weight is 392 g/mol. The largest absolute Gasteiger partial charge is 0.497 e. The number of nitrogens with one attached hydrogen (secondary N) is 1. The van der Waals surface area contributed by atoms with Crippen LogP contribution in [0.4, 0.5) is 11.4 Å². The molecular formula is C22H20N2O5. The summed E-state index contributed by atoms with van der Waals surface area (Å²) in [5.74, 6) is 0.999. The lowest BCUT2D eigenvalue weighted by molar-refractivity contribution is -0.118. The van der Waals surface area contributed by atoms with Gasteiger partial charge in [-0.1, -0.05) is 12.1 Å².